The van der Waals surface area contributed by atoms with Crippen molar-refractivity contribution in [2.24, 2.45) is 0 Å². The van der Waals surface area contributed by atoms with Crippen LogP contribution in [0.1, 0.15) is 110 Å². The Labute approximate surface area is 139 Å². The second-order valence-electron chi connectivity index (χ2n) is 7.93. The molecule has 0 saturated heterocycles. The zero-order valence-electron chi connectivity index (χ0n) is 15.0. The summed E-state index contributed by atoms with van der Waals surface area (Å²) < 4.78 is 14.0. The van der Waals surface area contributed by atoms with Gasteiger partial charge in [-0.1, -0.05) is 77.6 Å². The minimum absolute atomic E-state index is 0.611. The predicted molar refractivity (Wildman–Crippen MR) is 99.6 cm³/mol. The summed E-state index contributed by atoms with van der Waals surface area (Å²) in [4.78, 5) is 0. The molecular weight excluding hydrogens is 287 g/mol. The van der Waals surface area contributed by atoms with Gasteiger partial charge in [0.2, 0.25) is 0 Å². The zero-order valence-corrected chi connectivity index (χ0v) is 15.9. The minimum atomic E-state index is -1.93. The van der Waals surface area contributed by atoms with Crippen LogP contribution in [0.5, 0.6) is 0 Å². The fourth-order valence-electron chi connectivity index (χ4n) is 4.84. The van der Waals surface area contributed by atoms with Gasteiger partial charge in [0.1, 0.15) is 0 Å². The van der Waals surface area contributed by atoms with Crippen LogP contribution in [0.15, 0.2) is 0 Å². The summed E-state index contributed by atoms with van der Waals surface area (Å²) >= 11 is 0. The summed E-state index contributed by atoms with van der Waals surface area (Å²) in [5.74, 6) is 0. The van der Waals surface area contributed by atoms with E-state index in [1.165, 1.54) is 103 Å². The molecule has 0 spiro atoms. The Kier molecular flexibility index (Phi) is 8.58. The summed E-state index contributed by atoms with van der Waals surface area (Å²) in [6.45, 7) is 2.28. The molecule has 0 N–H and O–H groups in total. The predicted octanol–water partition coefficient (Wildman–Crippen LogP) is 7.38. The van der Waals surface area contributed by atoms with Crippen molar-refractivity contribution < 1.29 is 4.57 Å². The van der Waals surface area contributed by atoms with Crippen molar-refractivity contribution in [1.29, 1.82) is 0 Å². The molecule has 22 heavy (non-hydrogen) atoms. The van der Waals surface area contributed by atoms with E-state index in [1.807, 2.05) is 0 Å². The number of unbranched alkanes of at least 4 members (excludes halogenated alkanes) is 5. The third kappa shape index (κ3) is 5.40. The SMILES string of the molecule is CCCCCCCCP(=O)(C1CCCCC1)C1CCCCC1. The molecule has 2 fully saturated rings. The van der Waals surface area contributed by atoms with Crippen LogP contribution in [0.2, 0.25) is 0 Å². The second kappa shape index (κ2) is 10.2. The first kappa shape index (κ1) is 18.6. The van der Waals surface area contributed by atoms with Gasteiger partial charge in [0, 0.05) is 17.5 Å². The first-order chi connectivity index (χ1) is 10.8. The van der Waals surface area contributed by atoms with Crippen molar-refractivity contribution in [1.82, 2.24) is 0 Å². The quantitative estimate of drug-likeness (QED) is 0.319. The van der Waals surface area contributed by atoms with Gasteiger partial charge in [-0.25, -0.2) is 0 Å². The Morgan fingerprint density at radius 1 is 0.682 bits per heavy atom. The maximum absolute atomic E-state index is 14.0. The average molecular weight is 327 g/mol. The topological polar surface area (TPSA) is 17.1 Å². The third-order valence-corrected chi connectivity index (χ3v) is 10.8. The van der Waals surface area contributed by atoms with E-state index in [0.717, 1.165) is 6.16 Å². The Hall–Kier alpha value is 0.230. The highest BCUT2D eigenvalue weighted by Crippen LogP contribution is 2.63. The van der Waals surface area contributed by atoms with E-state index < -0.39 is 7.14 Å². The highest BCUT2D eigenvalue weighted by Gasteiger charge is 2.40. The van der Waals surface area contributed by atoms with Gasteiger partial charge in [-0.3, -0.25) is 0 Å². The van der Waals surface area contributed by atoms with Crippen LogP contribution >= 0.6 is 7.14 Å². The molecule has 0 radical (unpaired) electrons. The Balaban J connectivity index is 1.87. The lowest BCUT2D eigenvalue weighted by Gasteiger charge is -2.38. The lowest BCUT2D eigenvalue weighted by molar-refractivity contribution is 0.445. The van der Waals surface area contributed by atoms with Crippen LogP contribution in [0.4, 0.5) is 0 Å². The first-order valence-corrected chi connectivity index (χ1v) is 12.4. The Morgan fingerprint density at radius 2 is 1.14 bits per heavy atom. The summed E-state index contributed by atoms with van der Waals surface area (Å²) in [5.41, 5.74) is 1.22. The van der Waals surface area contributed by atoms with Gasteiger partial charge in [-0.05, 0) is 32.1 Å². The molecule has 0 unspecified atom stereocenters. The second-order valence-corrected chi connectivity index (χ2v) is 11.5. The summed E-state index contributed by atoms with van der Waals surface area (Å²) in [5, 5.41) is 0. The van der Waals surface area contributed by atoms with Gasteiger partial charge >= 0.3 is 0 Å². The highest BCUT2D eigenvalue weighted by molar-refractivity contribution is 7.65. The van der Waals surface area contributed by atoms with E-state index in [2.05, 4.69) is 6.92 Å². The molecule has 2 heteroatoms. The first-order valence-electron chi connectivity index (χ1n) is 10.4. The molecule has 2 rings (SSSR count). The largest absolute Gasteiger partial charge is 0.323 e. The fraction of sp³-hybridized carbons (Fsp3) is 1.00. The molecule has 0 aliphatic heterocycles. The highest BCUT2D eigenvalue weighted by atomic mass is 31.2. The van der Waals surface area contributed by atoms with Crippen molar-refractivity contribution in [3.05, 3.63) is 0 Å². The molecule has 0 bridgehead atoms. The Bertz CT molecular complexity index is 305. The van der Waals surface area contributed by atoms with Crippen molar-refractivity contribution in [2.75, 3.05) is 6.16 Å². The van der Waals surface area contributed by atoms with E-state index in [1.54, 1.807) is 0 Å². The summed E-state index contributed by atoms with van der Waals surface area (Å²) in [6, 6.07) is 0. The lowest BCUT2D eigenvalue weighted by atomic mass is 9.99. The van der Waals surface area contributed by atoms with E-state index in [4.69, 9.17) is 0 Å². The van der Waals surface area contributed by atoms with E-state index in [0.29, 0.717) is 11.3 Å². The molecule has 2 aliphatic carbocycles. The molecule has 0 amide bonds. The van der Waals surface area contributed by atoms with Gasteiger partial charge < -0.3 is 4.57 Å². The van der Waals surface area contributed by atoms with Crippen molar-refractivity contribution in [3.63, 3.8) is 0 Å². The van der Waals surface area contributed by atoms with E-state index in [-0.39, 0.29) is 0 Å². The maximum atomic E-state index is 14.0. The normalized spacial score (nSPS) is 22.0. The van der Waals surface area contributed by atoms with Crippen LogP contribution in [0, 0.1) is 0 Å². The van der Waals surface area contributed by atoms with Crippen LogP contribution in [-0.4, -0.2) is 17.5 Å². The molecule has 2 saturated carbocycles. The molecule has 1 nitrogen and oxygen atoms in total. The van der Waals surface area contributed by atoms with Gasteiger partial charge in [0.15, 0.2) is 0 Å². The standard InChI is InChI=1S/C20H39OP/c1-2-3-4-5-6-13-18-22(21,19-14-9-7-10-15-19)20-16-11-8-12-17-20/h19-20H,2-18H2,1H3. The van der Waals surface area contributed by atoms with Crippen molar-refractivity contribution in [3.8, 4) is 0 Å². The molecule has 0 heterocycles. The summed E-state index contributed by atoms with van der Waals surface area (Å²) in [6.07, 6.45) is 22.4. The Morgan fingerprint density at radius 3 is 1.64 bits per heavy atom. The third-order valence-electron chi connectivity index (χ3n) is 6.25. The molecular formula is C20H39OP. The van der Waals surface area contributed by atoms with Crippen molar-refractivity contribution in [2.45, 2.75) is 121 Å². The van der Waals surface area contributed by atoms with Crippen LogP contribution < -0.4 is 0 Å². The monoisotopic (exact) mass is 326 g/mol. The lowest BCUT2D eigenvalue weighted by Crippen LogP contribution is -2.25. The van der Waals surface area contributed by atoms with Crippen LogP contribution in [0.3, 0.4) is 0 Å². The molecule has 0 aromatic rings. The van der Waals surface area contributed by atoms with Gasteiger partial charge in [0.05, 0.1) is 7.14 Å². The smallest absolute Gasteiger partial charge is 0.0935 e. The van der Waals surface area contributed by atoms with E-state index >= 15 is 0 Å². The maximum Gasteiger partial charge on any atom is 0.0935 e. The summed E-state index contributed by atoms with van der Waals surface area (Å²) in [7, 11) is -1.93. The zero-order chi connectivity index (χ0) is 15.7. The molecule has 0 atom stereocenters. The molecule has 0 aromatic carbocycles. The van der Waals surface area contributed by atoms with Gasteiger partial charge in [0.25, 0.3) is 0 Å². The number of hydrogen-bond donors (Lipinski definition) is 0. The minimum Gasteiger partial charge on any atom is -0.323 e. The molecule has 130 valence electrons. The van der Waals surface area contributed by atoms with Gasteiger partial charge in [-0.15, -0.1) is 0 Å². The number of hydrogen-bond acceptors (Lipinski definition) is 1. The van der Waals surface area contributed by atoms with E-state index in [9.17, 15) is 4.57 Å². The van der Waals surface area contributed by atoms with Crippen LogP contribution in [-0.2, 0) is 4.57 Å². The fourth-order valence-corrected chi connectivity index (χ4v) is 9.36. The molecule has 2 aliphatic rings. The van der Waals surface area contributed by atoms with Gasteiger partial charge in [-0.2, -0.15) is 0 Å². The molecule has 0 aromatic heterocycles. The average Bonchev–Trinajstić information content (AvgIpc) is 2.59. The van der Waals surface area contributed by atoms with Crippen molar-refractivity contribution >= 4 is 7.14 Å². The number of rotatable bonds is 9. The van der Waals surface area contributed by atoms with Crippen LogP contribution in [0.25, 0.3) is 0 Å².